The molecule has 7 heteroatoms. The summed E-state index contributed by atoms with van der Waals surface area (Å²) >= 11 is 0. The molecule has 2 bridgehead atoms. The van der Waals surface area contributed by atoms with Crippen LogP contribution in [0.1, 0.15) is 37.9 Å². The van der Waals surface area contributed by atoms with Crippen molar-refractivity contribution in [3.63, 3.8) is 0 Å². The smallest absolute Gasteiger partial charge is 0.223 e. The van der Waals surface area contributed by atoms with Gasteiger partial charge in [0.15, 0.2) is 5.82 Å². The van der Waals surface area contributed by atoms with Crippen LogP contribution < -0.4 is 11.1 Å². The van der Waals surface area contributed by atoms with Crippen molar-refractivity contribution in [2.45, 2.75) is 44.6 Å². The molecule has 3 rings (SSSR count). The van der Waals surface area contributed by atoms with Crippen molar-refractivity contribution in [2.75, 3.05) is 6.54 Å². The molecule has 22 heavy (non-hydrogen) atoms. The van der Waals surface area contributed by atoms with Crippen LogP contribution in [0, 0.1) is 17.8 Å². The van der Waals surface area contributed by atoms with Gasteiger partial charge in [0.25, 0.3) is 0 Å². The molecule has 0 aromatic carbocycles. The normalized spacial score (nSPS) is 30.5. The number of amides is 1. The third kappa shape index (κ3) is 3.79. The highest BCUT2D eigenvalue weighted by Crippen LogP contribution is 2.41. The summed E-state index contributed by atoms with van der Waals surface area (Å²) in [5.74, 6) is 2.21. The Morgan fingerprint density at radius 3 is 2.68 bits per heavy atom. The highest BCUT2D eigenvalue weighted by Gasteiger charge is 2.40. The average molecular weight is 328 g/mol. The number of carbonyl (C=O) groups excluding carboxylic acids is 1. The van der Waals surface area contributed by atoms with Crippen LogP contribution in [0.25, 0.3) is 0 Å². The molecular formula is C15H26ClN5O. The lowest BCUT2D eigenvalue weighted by Crippen LogP contribution is -2.49. The summed E-state index contributed by atoms with van der Waals surface area (Å²) < 4.78 is 1.68. The number of carbonyl (C=O) groups is 1. The van der Waals surface area contributed by atoms with E-state index in [-0.39, 0.29) is 24.2 Å². The van der Waals surface area contributed by atoms with Crippen LogP contribution in [0.15, 0.2) is 6.33 Å². The van der Waals surface area contributed by atoms with E-state index >= 15 is 0 Å². The Kier molecular flexibility index (Phi) is 5.81. The second-order valence-corrected chi connectivity index (χ2v) is 6.57. The van der Waals surface area contributed by atoms with E-state index in [1.54, 1.807) is 11.0 Å². The highest BCUT2D eigenvalue weighted by molar-refractivity contribution is 5.85. The van der Waals surface area contributed by atoms with Gasteiger partial charge in [-0.15, -0.1) is 12.4 Å². The SMILES string of the molecule is Cl.Cn1cnc(CCNC(=O)C2CC3CCCC(C2)C3N)n1. The summed E-state index contributed by atoms with van der Waals surface area (Å²) in [6, 6.07) is 0.320. The van der Waals surface area contributed by atoms with Crippen molar-refractivity contribution < 1.29 is 4.79 Å². The molecule has 2 unspecified atom stereocenters. The molecule has 124 valence electrons. The zero-order valence-electron chi connectivity index (χ0n) is 13.1. The van der Waals surface area contributed by atoms with Gasteiger partial charge in [0, 0.05) is 32.0 Å². The number of rotatable bonds is 4. The van der Waals surface area contributed by atoms with Crippen LogP contribution in [0.4, 0.5) is 0 Å². The van der Waals surface area contributed by atoms with E-state index in [0.29, 0.717) is 30.8 Å². The van der Waals surface area contributed by atoms with Crippen molar-refractivity contribution in [1.29, 1.82) is 0 Å². The third-order valence-corrected chi connectivity index (χ3v) is 5.08. The van der Waals surface area contributed by atoms with E-state index in [1.165, 1.54) is 19.3 Å². The first kappa shape index (κ1) is 17.2. The fourth-order valence-corrected chi connectivity index (χ4v) is 3.94. The number of hydrogen-bond donors (Lipinski definition) is 2. The quantitative estimate of drug-likeness (QED) is 0.865. The van der Waals surface area contributed by atoms with Crippen LogP contribution in [0.3, 0.4) is 0 Å². The van der Waals surface area contributed by atoms with Gasteiger partial charge >= 0.3 is 0 Å². The second-order valence-electron chi connectivity index (χ2n) is 6.57. The first-order valence-corrected chi connectivity index (χ1v) is 8.01. The Bertz CT molecular complexity index is 492. The fraction of sp³-hybridized carbons (Fsp3) is 0.800. The summed E-state index contributed by atoms with van der Waals surface area (Å²) in [6.45, 7) is 0.612. The molecule has 6 nitrogen and oxygen atoms in total. The first-order valence-electron chi connectivity index (χ1n) is 8.01. The standard InChI is InChI=1S/C15H25N5O.ClH/c1-20-9-18-13(19-20)5-6-17-15(21)12-7-10-3-2-4-11(8-12)14(10)16;/h9-12,14H,2-8,16H2,1H3,(H,17,21);1H. The summed E-state index contributed by atoms with van der Waals surface area (Å²) in [4.78, 5) is 16.5. The van der Waals surface area contributed by atoms with Crippen LogP contribution in [-0.4, -0.2) is 33.3 Å². The lowest BCUT2D eigenvalue weighted by molar-refractivity contribution is -0.127. The molecule has 3 N–H and O–H groups in total. The van der Waals surface area contributed by atoms with Gasteiger partial charge in [-0.3, -0.25) is 9.48 Å². The number of fused-ring (bicyclic) bond motifs is 2. The van der Waals surface area contributed by atoms with Gasteiger partial charge in [0.2, 0.25) is 5.91 Å². The fourth-order valence-electron chi connectivity index (χ4n) is 3.94. The third-order valence-electron chi connectivity index (χ3n) is 5.08. The van der Waals surface area contributed by atoms with Gasteiger partial charge in [0.05, 0.1) is 0 Å². The summed E-state index contributed by atoms with van der Waals surface area (Å²) in [5, 5.41) is 7.26. The van der Waals surface area contributed by atoms with Crippen molar-refractivity contribution in [1.82, 2.24) is 20.1 Å². The van der Waals surface area contributed by atoms with E-state index in [2.05, 4.69) is 15.4 Å². The molecule has 2 saturated carbocycles. The summed E-state index contributed by atoms with van der Waals surface area (Å²) in [5.41, 5.74) is 6.27. The van der Waals surface area contributed by atoms with Gasteiger partial charge in [-0.2, -0.15) is 5.10 Å². The Labute approximate surface area is 137 Å². The minimum Gasteiger partial charge on any atom is -0.355 e. The Balaban J connectivity index is 0.00000176. The maximum atomic E-state index is 12.3. The Morgan fingerprint density at radius 1 is 1.41 bits per heavy atom. The molecule has 0 spiro atoms. The second kappa shape index (κ2) is 7.42. The molecule has 2 aliphatic carbocycles. The van der Waals surface area contributed by atoms with Gasteiger partial charge in [-0.05, 0) is 37.5 Å². The lowest BCUT2D eigenvalue weighted by atomic mass is 9.65. The average Bonchev–Trinajstić information content (AvgIpc) is 2.84. The molecule has 2 atom stereocenters. The van der Waals surface area contributed by atoms with Crippen LogP contribution >= 0.6 is 12.4 Å². The summed E-state index contributed by atoms with van der Waals surface area (Å²) in [6.07, 6.45) is 7.96. The number of nitrogens with one attached hydrogen (secondary N) is 1. The number of halogens is 1. The maximum absolute atomic E-state index is 12.3. The van der Waals surface area contributed by atoms with E-state index in [4.69, 9.17) is 5.73 Å². The number of aryl methyl sites for hydroxylation is 1. The Morgan fingerprint density at radius 2 is 2.09 bits per heavy atom. The predicted octanol–water partition coefficient (Wildman–Crippen LogP) is 1.05. The first-order chi connectivity index (χ1) is 10.1. The Hall–Kier alpha value is -1.14. The van der Waals surface area contributed by atoms with Gasteiger partial charge in [-0.25, -0.2) is 4.98 Å². The van der Waals surface area contributed by atoms with Crippen molar-refractivity contribution >= 4 is 18.3 Å². The molecule has 0 radical (unpaired) electrons. The largest absolute Gasteiger partial charge is 0.355 e. The molecule has 1 aromatic rings. The molecule has 1 heterocycles. The van der Waals surface area contributed by atoms with E-state index < -0.39 is 0 Å². The van der Waals surface area contributed by atoms with Crippen molar-refractivity contribution in [3.8, 4) is 0 Å². The number of hydrogen-bond acceptors (Lipinski definition) is 4. The van der Waals surface area contributed by atoms with Crippen LogP contribution in [0.2, 0.25) is 0 Å². The molecule has 0 aliphatic heterocycles. The molecular weight excluding hydrogens is 302 g/mol. The summed E-state index contributed by atoms with van der Waals surface area (Å²) in [7, 11) is 1.85. The number of nitrogens with two attached hydrogens (primary N) is 1. The molecule has 1 aromatic heterocycles. The minimum atomic E-state index is 0. The molecule has 1 amide bonds. The number of aromatic nitrogens is 3. The van der Waals surface area contributed by atoms with E-state index in [0.717, 1.165) is 18.7 Å². The predicted molar refractivity (Wildman–Crippen MR) is 86.5 cm³/mol. The highest BCUT2D eigenvalue weighted by atomic mass is 35.5. The van der Waals surface area contributed by atoms with Gasteiger partial charge in [-0.1, -0.05) is 6.42 Å². The monoisotopic (exact) mass is 327 g/mol. The van der Waals surface area contributed by atoms with E-state index in [1.807, 2.05) is 7.05 Å². The lowest BCUT2D eigenvalue weighted by Gasteiger charge is -2.43. The van der Waals surface area contributed by atoms with Crippen molar-refractivity contribution in [3.05, 3.63) is 12.2 Å². The molecule has 2 aliphatic rings. The van der Waals surface area contributed by atoms with E-state index in [9.17, 15) is 4.79 Å². The van der Waals surface area contributed by atoms with Crippen LogP contribution in [-0.2, 0) is 18.3 Å². The minimum absolute atomic E-state index is 0. The van der Waals surface area contributed by atoms with Crippen LogP contribution in [0.5, 0.6) is 0 Å². The molecule has 2 fully saturated rings. The molecule has 0 saturated heterocycles. The maximum Gasteiger partial charge on any atom is 0.223 e. The number of nitrogens with zero attached hydrogens (tertiary/aromatic N) is 3. The zero-order valence-corrected chi connectivity index (χ0v) is 13.9. The van der Waals surface area contributed by atoms with Gasteiger partial charge in [0.1, 0.15) is 6.33 Å². The van der Waals surface area contributed by atoms with Crippen molar-refractivity contribution in [2.24, 2.45) is 30.5 Å². The van der Waals surface area contributed by atoms with Gasteiger partial charge < -0.3 is 11.1 Å². The zero-order chi connectivity index (χ0) is 14.8. The topological polar surface area (TPSA) is 85.8 Å².